The first-order chi connectivity index (χ1) is 22.3. The molecule has 0 saturated carbocycles. The van der Waals surface area contributed by atoms with Crippen LogP contribution in [-0.4, -0.2) is 0 Å². The van der Waals surface area contributed by atoms with Gasteiger partial charge in [0.05, 0.1) is 0 Å². The number of thiophene rings is 1. The monoisotopic (exact) mass is 593 g/mol. The van der Waals surface area contributed by atoms with E-state index in [4.69, 9.17) is 4.42 Å². The van der Waals surface area contributed by atoms with Gasteiger partial charge in [0.1, 0.15) is 11.2 Å². The smallest absolute Gasteiger partial charge is 0.144 e. The summed E-state index contributed by atoms with van der Waals surface area (Å²) in [5.41, 5.74) is 10.1. The molecular weight excluding hydrogens is 567 g/mol. The van der Waals surface area contributed by atoms with E-state index >= 15 is 0 Å². The fourth-order valence-corrected chi connectivity index (χ4v) is 7.79. The molecular formula is C42H27NOS. The fourth-order valence-electron chi connectivity index (χ4n) is 6.55. The zero-order valence-electron chi connectivity index (χ0n) is 24.4. The summed E-state index contributed by atoms with van der Waals surface area (Å²) in [6, 6.07) is 58.3. The zero-order valence-corrected chi connectivity index (χ0v) is 25.2. The lowest BCUT2D eigenvalue weighted by Crippen LogP contribution is -2.09. The van der Waals surface area contributed by atoms with Gasteiger partial charge in [-0.3, -0.25) is 0 Å². The Morgan fingerprint density at radius 3 is 1.91 bits per heavy atom. The van der Waals surface area contributed by atoms with Crippen LogP contribution in [0, 0.1) is 0 Å². The summed E-state index contributed by atoms with van der Waals surface area (Å²) in [5.74, 6) is 0. The number of furan rings is 1. The molecule has 0 fully saturated rings. The van der Waals surface area contributed by atoms with Crippen LogP contribution in [0.2, 0.25) is 0 Å². The number of anilines is 3. The molecule has 3 heteroatoms. The number of rotatable bonds is 5. The molecule has 0 aliphatic carbocycles. The molecule has 0 aliphatic rings. The molecule has 0 atom stereocenters. The van der Waals surface area contributed by atoms with Crippen LogP contribution in [0.4, 0.5) is 17.1 Å². The molecule has 2 heterocycles. The molecule has 0 radical (unpaired) electrons. The number of hydrogen-bond donors (Lipinski definition) is 0. The first-order valence-corrected chi connectivity index (χ1v) is 16.0. The van der Waals surface area contributed by atoms with Gasteiger partial charge in [-0.1, -0.05) is 109 Å². The summed E-state index contributed by atoms with van der Waals surface area (Å²) in [6.45, 7) is 0. The number of fused-ring (bicyclic) bond motifs is 7. The minimum Gasteiger partial charge on any atom is -0.455 e. The van der Waals surface area contributed by atoms with E-state index in [9.17, 15) is 0 Å². The molecule has 45 heavy (non-hydrogen) atoms. The van der Waals surface area contributed by atoms with Crippen LogP contribution in [0.15, 0.2) is 168 Å². The van der Waals surface area contributed by atoms with E-state index in [-0.39, 0.29) is 0 Å². The third-order valence-electron chi connectivity index (χ3n) is 8.65. The summed E-state index contributed by atoms with van der Waals surface area (Å²) in [7, 11) is 0. The second-order valence-corrected chi connectivity index (χ2v) is 12.4. The molecule has 0 saturated heterocycles. The zero-order chi connectivity index (χ0) is 29.7. The Hall–Kier alpha value is -5.64. The van der Waals surface area contributed by atoms with Crippen LogP contribution < -0.4 is 4.90 Å². The quantitative estimate of drug-likeness (QED) is 0.197. The lowest BCUT2D eigenvalue weighted by Gasteiger charge is -2.26. The van der Waals surface area contributed by atoms with E-state index in [1.54, 1.807) is 0 Å². The van der Waals surface area contributed by atoms with Crippen molar-refractivity contribution in [3.8, 4) is 22.3 Å². The summed E-state index contributed by atoms with van der Waals surface area (Å²) in [4.78, 5) is 2.33. The second kappa shape index (κ2) is 10.5. The van der Waals surface area contributed by atoms with Crippen molar-refractivity contribution in [1.29, 1.82) is 0 Å². The molecule has 0 N–H and O–H groups in total. The summed E-state index contributed by atoms with van der Waals surface area (Å²) in [5, 5.41) is 4.75. The van der Waals surface area contributed by atoms with Crippen molar-refractivity contribution in [2.24, 2.45) is 0 Å². The van der Waals surface area contributed by atoms with Crippen molar-refractivity contribution in [2.45, 2.75) is 0 Å². The fraction of sp³-hybridized carbons (Fsp3) is 0. The lowest BCUT2D eigenvalue weighted by molar-refractivity contribution is 0.673. The Labute approximate surface area is 265 Å². The first-order valence-electron chi connectivity index (χ1n) is 15.2. The Kier molecular flexibility index (Phi) is 6.03. The van der Waals surface area contributed by atoms with Crippen LogP contribution in [0.3, 0.4) is 0 Å². The van der Waals surface area contributed by atoms with Gasteiger partial charge in [-0.15, -0.1) is 11.3 Å². The van der Waals surface area contributed by atoms with Gasteiger partial charge in [0.15, 0.2) is 0 Å². The molecule has 9 aromatic rings. The average molecular weight is 594 g/mol. The van der Waals surface area contributed by atoms with Crippen LogP contribution in [0.25, 0.3) is 64.4 Å². The van der Waals surface area contributed by atoms with Crippen molar-refractivity contribution >= 4 is 70.5 Å². The molecule has 0 spiro atoms. The lowest BCUT2D eigenvalue weighted by atomic mass is 9.98. The van der Waals surface area contributed by atoms with E-state index in [0.29, 0.717) is 0 Å². The van der Waals surface area contributed by atoms with Gasteiger partial charge in [0, 0.05) is 53.6 Å². The maximum absolute atomic E-state index is 6.51. The number of nitrogens with zero attached hydrogens (tertiary/aromatic N) is 1. The van der Waals surface area contributed by atoms with Crippen molar-refractivity contribution in [2.75, 3.05) is 4.90 Å². The molecule has 0 aliphatic heterocycles. The second-order valence-electron chi connectivity index (χ2n) is 11.3. The van der Waals surface area contributed by atoms with Gasteiger partial charge >= 0.3 is 0 Å². The maximum Gasteiger partial charge on any atom is 0.144 e. The molecule has 212 valence electrons. The highest BCUT2D eigenvalue weighted by Gasteiger charge is 2.20. The Morgan fingerprint density at radius 1 is 0.444 bits per heavy atom. The Balaban J connectivity index is 1.22. The minimum atomic E-state index is 0.924. The van der Waals surface area contributed by atoms with Gasteiger partial charge in [-0.2, -0.15) is 0 Å². The normalized spacial score (nSPS) is 11.6. The molecule has 0 bridgehead atoms. The van der Waals surface area contributed by atoms with Crippen LogP contribution in [0.5, 0.6) is 0 Å². The standard InChI is InChI=1S/C42H27NOS/c1-3-12-28(13-4-1)30-14-11-17-33(26-30)43(31-15-5-2-6-16-31)32-24-22-29(23-25-32)36-27-37-34-18-7-9-20-38(34)44-41(37)40-35-19-8-10-21-39(35)45-42(36)40/h1-27H. The SMILES string of the molecule is c1ccc(-c2cccc(N(c3ccccc3)c3ccc(-c4cc5c6ccccc6oc5c5c4sc4ccccc45)cc3)c2)cc1. The van der Waals surface area contributed by atoms with Crippen molar-refractivity contribution in [3.63, 3.8) is 0 Å². The van der Waals surface area contributed by atoms with E-state index in [1.807, 2.05) is 17.4 Å². The third kappa shape index (κ3) is 4.32. The van der Waals surface area contributed by atoms with Gasteiger partial charge in [-0.25, -0.2) is 0 Å². The predicted octanol–water partition coefficient (Wildman–Crippen LogP) is 12.8. The Bertz CT molecular complexity index is 2470. The highest BCUT2D eigenvalue weighted by atomic mass is 32.1. The van der Waals surface area contributed by atoms with Gasteiger partial charge in [0.2, 0.25) is 0 Å². The highest BCUT2D eigenvalue weighted by Crippen LogP contribution is 2.47. The van der Waals surface area contributed by atoms with Crippen LogP contribution >= 0.6 is 11.3 Å². The molecule has 2 nitrogen and oxygen atoms in total. The maximum atomic E-state index is 6.51. The van der Waals surface area contributed by atoms with Crippen LogP contribution in [0.1, 0.15) is 0 Å². The van der Waals surface area contributed by atoms with Gasteiger partial charge in [0.25, 0.3) is 0 Å². The van der Waals surface area contributed by atoms with E-state index in [2.05, 4.69) is 163 Å². The molecule has 2 aromatic heterocycles. The van der Waals surface area contributed by atoms with E-state index < -0.39 is 0 Å². The number of para-hydroxylation sites is 2. The van der Waals surface area contributed by atoms with Crippen molar-refractivity contribution < 1.29 is 4.42 Å². The Morgan fingerprint density at radius 2 is 1.09 bits per heavy atom. The third-order valence-corrected chi connectivity index (χ3v) is 9.86. The van der Waals surface area contributed by atoms with E-state index in [0.717, 1.165) is 39.0 Å². The molecule has 9 rings (SSSR count). The number of benzene rings is 7. The highest BCUT2D eigenvalue weighted by molar-refractivity contribution is 7.26. The van der Waals surface area contributed by atoms with Crippen LogP contribution in [-0.2, 0) is 0 Å². The molecule has 0 unspecified atom stereocenters. The van der Waals surface area contributed by atoms with E-state index in [1.165, 1.54) is 42.4 Å². The van der Waals surface area contributed by atoms with Gasteiger partial charge in [-0.05, 0) is 71.3 Å². The minimum absolute atomic E-state index is 0.924. The topological polar surface area (TPSA) is 16.4 Å². The summed E-state index contributed by atoms with van der Waals surface area (Å²) >= 11 is 1.84. The average Bonchev–Trinajstić information content (AvgIpc) is 3.68. The summed E-state index contributed by atoms with van der Waals surface area (Å²) in [6.07, 6.45) is 0. The number of hydrogen-bond acceptors (Lipinski definition) is 3. The summed E-state index contributed by atoms with van der Waals surface area (Å²) < 4.78 is 9.04. The first kappa shape index (κ1) is 25.8. The van der Waals surface area contributed by atoms with Crippen molar-refractivity contribution in [1.82, 2.24) is 0 Å². The molecule has 0 amide bonds. The predicted molar refractivity (Wildman–Crippen MR) is 192 cm³/mol. The molecule has 7 aromatic carbocycles. The van der Waals surface area contributed by atoms with Gasteiger partial charge < -0.3 is 9.32 Å². The van der Waals surface area contributed by atoms with Crippen molar-refractivity contribution in [3.05, 3.63) is 164 Å². The largest absolute Gasteiger partial charge is 0.455 e.